The van der Waals surface area contributed by atoms with E-state index in [1.54, 1.807) is 0 Å². The average molecular weight is 528 g/mol. The smallest absolute Gasteiger partial charge is 0.417 e. The number of hydrogen-bond acceptors (Lipinski definition) is 4. The SMILES string of the molecule is C[C@H](C/C=C/C(=O)N1C(=O)OC[C@@H]1c1ccccc1)CO[Si](c1ccccc1)(c1ccccc1)C(C)(C)C. The standard InChI is InChI=1S/C32H37NO4Si/c1-25(15-14-22-30(34)33-29(24-36-31(33)35)26-16-8-5-9-17-26)23-37-38(32(2,3)4,27-18-10-6-11-19-27)28-20-12-7-13-21-28/h5-14,16-22,25,29H,15,23-24H2,1-4H3/b22-14+/t25-,29-/m1/s1. The Balaban J connectivity index is 1.47. The second-order valence-electron chi connectivity index (χ2n) is 10.9. The van der Waals surface area contributed by atoms with Crippen LogP contribution in [0.3, 0.4) is 0 Å². The molecule has 0 spiro atoms. The summed E-state index contributed by atoms with van der Waals surface area (Å²) >= 11 is 0. The molecule has 6 heteroatoms. The Morgan fingerprint density at radius 1 is 0.974 bits per heavy atom. The van der Waals surface area contributed by atoms with E-state index in [-0.39, 0.29) is 23.5 Å². The summed E-state index contributed by atoms with van der Waals surface area (Å²) in [6.07, 6.45) is 3.39. The largest absolute Gasteiger partial charge is 0.446 e. The van der Waals surface area contributed by atoms with Crippen LogP contribution in [0.4, 0.5) is 4.79 Å². The number of benzene rings is 3. The van der Waals surface area contributed by atoms with Crippen LogP contribution < -0.4 is 10.4 Å². The first-order chi connectivity index (χ1) is 18.2. The summed E-state index contributed by atoms with van der Waals surface area (Å²) in [5, 5.41) is 2.40. The van der Waals surface area contributed by atoms with Gasteiger partial charge in [-0.15, -0.1) is 0 Å². The van der Waals surface area contributed by atoms with E-state index in [0.717, 1.165) is 5.56 Å². The summed E-state index contributed by atoms with van der Waals surface area (Å²) < 4.78 is 12.2. The molecule has 2 amide bonds. The van der Waals surface area contributed by atoms with Crippen LogP contribution in [0.1, 0.15) is 45.7 Å². The van der Waals surface area contributed by atoms with Crippen LogP contribution in [0.2, 0.25) is 5.04 Å². The Hall–Kier alpha value is -3.48. The van der Waals surface area contributed by atoms with E-state index in [1.807, 2.05) is 48.5 Å². The number of amides is 2. The molecule has 0 bridgehead atoms. The third-order valence-electron chi connectivity index (χ3n) is 7.09. The number of hydrogen-bond donors (Lipinski definition) is 0. The second-order valence-corrected chi connectivity index (χ2v) is 15.2. The molecule has 1 heterocycles. The summed E-state index contributed by atoms with van der Waals surface area (Å²) in [4.78, 5) is 26.5. The monoisotopic (exact) mass is 527 g/mol. The number of nitrogens with zero attached hydrogens (tertiary/aromatic N) is 1. The van der Waals surface area contributed by atoms with Crippen molar-refractivity contribution in [1.29, 1.82) is 0 Å². The zero-order valence-electron chi connectivity index (χ0n) is 22.7. The van der Waals surface area contributed by atoms with Crippen molar-refractivity contribution in [3.05, 3.63) is 109 Å². The molecule has 3 aromatic rings. The second kappa shape index (κ2) is 11.9. The van der Waals surface area contributed by atoms with Gasteiger partial charge in [-0.2, -0.15) is 0 Å². The number of rotatable bonds is 9. The highest BCUT2D eigenvalue weighted by molar-refractivity contribution is 6.99. The van der Waals surface area contributed by atoms with E-state index in [2.05, 4.69) is 76.2 Å². The third-order valence-corrected chi connectivity index (χ3v) is 12.1. The number of cyclic esters (lactones) is 1. The molecule has 1 saturated heterocycles. The molecule has 0 unspecified atom stereocenters. The first kappa shape index (κ1) is 27.5. The van der Waals surface area contributed by atoms with Crippen molar-refractivity contribution in [2.24, 2.45) is 5.92 Å². The van der Waals surface area contributed by atoms with Crippen LogP contribution in [0, 0.1) is 5.92 Å². The predicted octanol–water partition coefficient (Wildman–Crippen LogP) is 5.87. The van der Waals surface area contributed by atoms with Crippen molar-refractivity contribution in [3.63, 3.8) is 0 Å². The van der Waals surface area contributed by atoms with Gasteiger partial charge >= 0.3 is 6.09 Å². The highest BCUT2D eigenvalue weighted by Crippen LogP contribution is 2.37. The van der Waals surface area contributed by atoms with Crippen molar-refractivity contribution in [1.82, 2.24) is 4.90 Å². The highest BCUT2D eigenvalue weighted by atomic mass is 28.4. The molecule has 0 aromatic heterocycles. The summed E-state index contributed by atoms with van der Waals surface area (Å²) in [6.45, 7) is 9.65. The zero-order valence-corrected chi connectivity index (χ0v) is 23.7. The molecule has 5 nitrogen and oxygen atoms in total. The van der Waals surface area contributed by atoms with E-state index in [4.69, 9.17) is 9.16 Å². The van der Waals surface area contributed by atoms with Crippen molar-refractivity contribution >= 4 is 30.7 Å². The third kappa shape index (κ3) is 5.82. The maximum absolute atomic E-state index is 13.0. The van der Waals surface area contributed by atoms with Crippen LogP contribution in [0.5, 0.6) is 0 Å². The Morgan fingerprint density at radius 3 is 2.03 bits per heavy atom. The van der Waals surface area contributed by atoms with Gasteiger partial charge in [0.1, 0.15) is 12.6 Å². The first-order valence-electron chi connectivity index (χ1n) is 13.2. The van der Waals surface area contributed by atoms with Crippen molar-refractivity contribution in [3.8, 4) is 0 Å². The van der Waals surface area contributed by atoms with Gasteiger partial charge in [-0.1, -0.05) is 125 Å². The Kier molecular flexibility index (Phi) is 8.64. The average Bonchev–Trinajstić information content (AvgIpc) is 3.31. The number of carbonyl (C=O) groups is 2. The number of allylic oxidation sites excluding steroid dienone is 1. The lowest BCUT2D eigenvalue weighted by Crippen LogP contribution is -2.66. The number of ether oxygens (including phenoxy) is 1. The Morgan fingerprint density at radius 2 is 1.50 bits per heavy atom. The fraction of sp³-hybridized carbons (Fsp3) is 0.312. The van der Waals surface area contributed by atoms with Gasteiger partial charge in [0.05, 0.1) is 0 Å². The van der Waals surface area contributed by atoms with Gasteiger partial charge in [-0.25, -0.2) is 9.69 Å². The van der Waals surface area contributed by atoms with Gasteiger partial charge < -0.3 is 9.16 Å². The van der Waals surface area contributed by atoms with Crippen LogP contribution in [-0.2, 0) is 14.0 Å². The van der Waals surface area contributed by atoms with Crippen molar-refractivity contribution in [2.75, 3.05) is 13.2 Å². The van der Waals surface area contributed by atoms with Crippen molar-refractivity contribution in [2.45, 2.75) is 45.2 Å². The lowest BCUT2D eigenvalue weighted by atomic mass is 10.1. The summed E-state index contributed by atoms with van der Waals surface area (Å²) in [5.41, 5.74) is 0.882. The molecule has 0 radical (unpaired) electrons. The van der Waals surface area contributed by atoms with E-state index in [0.29, 0.717) is 13.0 Å². The minimum absolute atomic E-state index is 0.0935. The molecule has 38 heavy (non-hydrogen) atoms. The molecular weight excluding hydrogens is 490 g/mol. The molecular formula is C32H37NO4Si. The van der Waals surface area contributed by atoms with Gasteiger partial charge in [-0.3, -0.25) is 4.79 Å². The molecule has 1 aliphatic heterocycles. The van der Waals surface area contributed by atoms with Crippen LogP contribution >= 0.6 is 0 Å². The normalized spacial score (nSPS) is 17.0. The lowest BCUT2D eigenvalue weighted by Gasteiger charge is -2.43. The van der Waals surface area contributed by atoms with Gasteiger partial charge in [0.15, 0.2) is 0 Å². The fourth-order valence-electron chi connectivity index (χ4n) is 5.16. The van der Waals surface area contributed by atoms with E-state index >= 15 is 0 Å². The minimum Gasteiger partial charge on any atom is -0.446 e. The molecule has 0 aliphatic carbocycles. The zero-order chi connectivity index (χ0) is 27.2. The van der Waals surface area contributed by atoms with E-state index in [1.165, 1.54) is 21.3 Å². The molecule has 2 atom stereocenters. The predicted molar refractivity (Wildman–Crippen MR) is 154 cm³/mol. The van der Waals surface area contributed by atoms with Crippen molar-refractivity contribution < 1.29 is 18.8 Å². The molecule has 0 N–H and O–H groups in total. The summed E-state index contributed by atoms with van der Waals surface area (Å²) in [7, 11) is -2.61. The maximum Gasteiger partial charge on any atom is 0.417 e. The van der Waals surface area contributed by atoms with E-state index < -0.39 is 20.5 Å². The van der Waals surface area contributed by atoms with Crippen LogP contribution in [-0.4, -0.2) is 38.4 Å². The lowest BCUT2D eigenvalue weighted by molar-refractivity contribution is -0.124. The Bertz CT molecular complexity index is 1200. The minimum atomic E-state index is -2.61. The molecule has 198 valence electrons. The number of carbonyl (C=O) groups excluding carboxylic acids is 2. The molecule has 1 aliphatic rings. The molecule has 4 rings (SSSR count). The highest BCUT2D eigenvalue weighted by Gasteiger charge is 2.50. The molecule has 0 saturated carbocycles. The topological polar surface area (TPSA) is 55.8 Å². The Labute approximate surface area is 227 Å². The quantitative estimate of drug-likeness (QED) is 0.258. The van der Waals surface area contributed by atoms with Gasteiger partial charge in [0.25, 0.3) is 14.2 Å². The number of imide groups is 1. The summed E-state index contributed by atoms with van der Waals surface area (Å²) in [6, 6.07) is 30.3. The van der Waals surface area contributed by atoms with Gasteiger partial charge in [0, 0.05) is 6.61 Å². The maximum atomic E-state index is 13.0. The first-order valence-corrected chi connectivity index (χ1v) is 15.1. The van der Waals surface area contributed by atoms with E-state index in [9.17, 15) is 9.59 Å². The fourth-order valence-corrected chi connectivity index (χ4v) is 9.85. The van der Waals surface area contributed by atoms with Crippen LogP contribution in [0.25, 0.3) is 0 Å². The molecule has 1 fully saturated rings. The van der Waals surface area contributed by atoms with Crippen LogP contribution in [0.15, 0.2) is 103 Å². The molecule has 3 aromatic carbocycles. The van der Waals surface area contributed by atoms with Gasteiger partial charge in [-0.05, 0) is 39.4 Å². The summed E-state index contributed by atoms with van der Waals surface area (Å²) in [5.74, 6) is -0.183. The van der Waals surface area contributed by atoms with Gasteiger partial charge in [0.2, 0.25) is 0 Å².